The van der Waals surface area contributed by atoms with Gasteiger partial charge in [-0.15, -0.1) is 0 Å². The van der Waals surface area contributed by atoms with E-state index in [2.05, 4.69) is 10.1 Å². The maximum atomic E-state index is 13.8. The van der Waals surface area contributed by atoms with E-state index in [1.165, 1.54) is 0 Å². The summed E-state index contributed by atoms with van der Waals surface area (Å²) in [7, 11) is 0. The zero-order chi connectivity index (χ0) is 31.1. The molecule has 41 heavy (non-hydrogen) atoms. The van der Waals surface area contributed by atoms with Crippen molar-refractivity contribution in [2.24, 2.45) is 0 Å². The molecule has 0 aliphatic carbocycles. The molecule has 10 nitrogen and oxygen atoms in total. The van der Waals surface area contributed by atoms with Crippen LogP contribution in [-0.4, -0.2) is 53.3 Å². The van der Waals surface area contributed by atoms with Crippen LogP contribution in [0.1, 0.15) is 25.3 Å². The van der Waals surface area contributed by atoms with Crippen molar-refractivity contribution in [1.82, 2.24) is 10.6 Å². The molecule has 0 spiro atoms. The number of hydrogen-bond acceptors (Lipinski definition) is 6. The Morgan fingerprint density at radius 2 is 1.46 bits per heavy atom. The predicted octanol–water partition coefficient (Wildman–Crippen LogP) is 2.70. The summed E-state index contributed by atoms with van der Waals surface area (Å²) in [6.07, 6.45) is -5.92. The standard InChI is InChI=1S/C24H20F7N3O7/c1-10(32-22(39)23(40)33-12-4-2-11(3-5-12)24(29,30)31)21(38)34-15(6-7-17(36)37)16(35)9-41-20-18(27)13(25)8-14(26)19(20)28/h2-5,8,10,15H,6-7,9H2,1H3,(H,32,39)(H,33,40)(H,34,38)(H,36,37)/t10-,15-/m0/s1. The first kappa shape index (κ1) is 32.5. The third kappa shape index (κ3) is 9.18. The van der Waals surface area contributed by atoms with Gasteiger partial charge in [0.05, 0.1) is 11.6 Å². The van der Waals surface area contributed by atoms with Gasteiger partial charge in [-0.05, 0) is 37.6 Å². The number of rotatable bonds is 11. The van der Waals surface area contributed by atoms with E-state index >= 15 is 0 Å². The van der Waals surface area contributed by atoms with E-state index in [1.807, 2.05) is 10.6 Å². The highest BCUT2D eigenvalue weighted by Crippen LogP contribution is 2.30. The fourth-order valence-electron chi connectivity index (χ4n) is 3.06. The van der Waals surface area contributed by atoms with Crippen LogP contribution in [0.2, 0.25) is 0 Å². The third-order valence-corrected chi connectivity index (χ3v) is 5.20. The second-order valence-electron chi connectivity index (χ2n) is 8.27. The summed E-state index contributed by atoms with van der Waals surface area (Å²) < 4.78 is 96.7. The highest BCUT2D eigenvalue weighted by atomic mass is 19.4. The number of benzene rings is 2. The van der Waals surface area contributed by atoms with Crippen LogP contribution in [0.15, 0.2) is 30.3 Å². The maximum absolute atomic E-state index is 13.8. The van der Waals surface area contributed by atoms with E-state index in [0.29, 0.717) is 12.1 Å². The van der Waals surface area contributed by atoms with Gasteiger partial charge in [-0.1, -0.05) is 0 Å². The monoisotopic (exact) mass is 595 g/mol. The van der Waals surface area contributed by atoms with Gasteiger partial charge in [0.2, 0.25) is 17.5 Å². The molecule has 0 heterocycles. The first-order valence-corrected chi connectivity index (χ1v) is 11.3. The Morgan fingerprint density at radius 3 is 1.98 bits per heavy atom. The fourth-order valence-corrected chi connectivity index (χ4v) is 3.06. The Balaban J connectivity index is 2.02. The smallest absolute Gasteiger partial charge is 0.416 e. The minimum absolute atomic E-state index is 0.102. The molecule has 2 aromatic rings. The van der Waals surface area contributed by atoms with Crippen LogP contribution in [-0.2, 0) is 30.1 Å². The molecule has 0 aliphatic heterocycles. The van der Waals surface area contributed by atoms with Crippen LogP contribution in [0.3, 0.4) is 0 Å². The fraction of sp³-hybridized carbons (Fsp3) is 0.292. The Bertz CT molecular complexity index is 1310. The lowest BCUT2D eigenvalue weighted by atomic mass is 10.1. The third-order valence-electron chi connectivity index (χ3n) is 5.20. The molecule has 0 bridgehead atoms. The second-order valence-corrected chi connectivity index (χ2v) is 8.27. The number of ether oxygens (including phenoxy) is 1. The number of carboxylic acids is 1. The lowest BCUT2D eigenvalue weighted by molar-refractivity contribution is -0.139. The summed E-state index contributed by atoms with van der Waals surface area (Å²) in [5.74, 6) is -15.6. The van der Waals surface area contributed by atoms with Gasteiger partial charge in [0.25, 0.3) is 0 Å². The van der Waals surface area contributed by atoms with Crippen molar-refractivity contribution in [2.75, 3.05) is 11.9 Å². The van der Waals surface area contributed by atoms with E-state index < -0.39 is 102 Å². The van der Waals surface area contributed by atoms with Gasteiger partial charge in [-0.25, -0.2) is 8.78 Å². The van der Waals surface area contributed by atoms with E-state index in [9.17, 15) is 54.7 Å². The molecule has 2 rings (SSSR count). The number of aliphatic carboxylic acids is 1. The lowest BCUT2D eigenvalue weighted by Gasteiger charge is -2.20. The molecule has 0 radical (unpaired) electrons. The molecule has 0 fully saturated rings. The number of carbonyl (C=O) groups excluding carboxylic acids is 4. The number of carboxylic acid groups (broad SMARTS) is 1. The Hall–Kier alpha value is -4.70. The van der Waals surface area contributed by atoms with Gasteiger partial charge in [0, 0.05) is 18.2 Å². The van der Waals surface area contributed by atoms with Crippen molar-refractivity contribution >= 4 is 35.2 Å². The minimum atomic E-state index is -4.64. The minimum Gasteiger partial charge on any atom is -0.481 e. The van der Waals surface area contributed by atoms with Gasteiger partial charge < -0.3 is 25.8 Å². The van der Waals surface area contributed by atoms with Crippen LogP contribution in [0.5, 0.6) is 5.75 Å². The number of hydrogen-bond donors (Lipinski definition) is 4. The number of ketones is 1. The molecular weight excluding hydrogens is 575 g/mol. The van der Waals surface area contributed by atoms with Crippen molar-refractivity contribution in [2.45, 2.75) is 38.0 Å². The molecule has 3 amide bonds. The molecule has 222 valence electrons. The molecule has 0 saturated heterocycles. The van der Waals surface area contributed by atoms with Crippen LogP contribution >= 0.6 is 0 Å². The molecule has 2 aromatic carbocycles. The highest BCUT2D eigenvalue weighted by molar-refractivity contribution is 6.40. The van der Waals surface area contributed by atoms with Gasteiger partial charge in [-0.3, -0.25) is 24.0 Å². The Morgan fingerprint density at radius 1 is 0.902 bits per heavy atom. The van der Waals surface area contributed by atoms with Crippen molar-refractivity contribution in [3.8, 4) is 5.75 Å². The predicted molar refractivity (Wildman–Crippen MR) is 123 cm³/mol. The Labute approximate surface area is 225 Å². The average molecular weight is 595 g/mol. The van der Waals surface area contributed by atoms with Crippen molar-refractivity contribution < 1.29 is 64.5 Å². The summed E-state index contributed by atoms with van der Waals surface area (Å²) >= 11 is 0. The first-order chi connectivity index (χ1) is 19.0. The topological polar surface area (TPSA) is 151 Å². The number of halogens is 7. The van der Waals surface area contributed by atoms with E-state index in [0.717, 1.165) is 19.1 Å². The van der Waals surface area contributed by atoms with Gasteiger partial charge in [0.15, 0.2) is 23.2 Å². The summed E-state index contributed by atoms with van der Waals surface area (Å²) in [5.41, 5.74) is -1.19. The largest absolute Gasteiger partial charge is 0.481 e. The van der Waals surface area contributed by atoms with Crippen LogP contribution in [0.4, 0.5) is 36.4 Å². The van der Waals surface area contributed by atoms with Crippen LogP contribution in [0.25, 0.3) is 0 Å². The normalized spacial score (nSPS) is 12.6. The SMILES string of the molecule is C[C@H](NC(=O)C(=O)Nc1ccc(C(F)(F)F)cc1)C(=O)N[C@@H](CCC(=O)O)C(=O)COc1c(F)c(F)cc(F)c1F. The maximum Gasteiger partial charge on any atom is 0.416 e. The quantitative estimate of drug-likeness (QED) is 0.177. The molecule has 0 aliphatic rings. The second kappa shape index (κ2) is 13.6. The van der Waals surface area contributed by atoms with Crippen LogP contribution in [0, 0.1) is 23.3 Å². The summed E-state index contributed by atoms with van der Waals surface area (Å²) in [4.78, 5) is 60.1. The number of amides is 3. The van der Waals surface area contributed by atoms with Crippen molar-refractivity contribution in [1.29, 1.82) is 0 Å². The summed E-state index contributed by atoms with van der Waals surface area (Å²) in [6, 6.07) is -0.293. The van der Waals surface area contributed by atoms with E-state index in [-0.39, 0.29) is 11.8 Å². The first-order valence-electron chi connectivity index (χ1n) is 11.3. The van der Waals surface area contributed by atoms with Gasteiger partial charge >= 0.3 is 24.0 Å². The van der Waals surface area contributed by atoms with E-state index in [4.69, 9.17) is 5.11 Å². The number of carbonyl (C=O) groups is 5. The Kier molecular flexibility index (Phi) is 10.8. The molecule has 0 unspecified atom stereocenters. The van der Waals surface area contributed by atoms with Crippen LogP contribution < -0.4 is 20.7 Å². The molecule has 17 heteroatoms. The number of anilines is 1. The zero-order valence-electron chi connectivity index (χ0n) is 20.7. The molecular formula is C24H20F7N3O7. The van der Waals surface area contributed by atoms with Gasteiger partial charge in [-0.2, -0.15) is 22.0 Å². The molecule has 0 aromatic heterocycles. The summed E-state index contributed by atoms with van der Waals surface area (Å²) in [5, 5.41) is 14.9. The van der Waals surface area contributed by atoms with E-state index in [1.54, 1.807) is 0 Å². The molecule has 2 atom stereocenters. The zero-order valence-corrected chi connectivity index (χ0v) is 20.7. The molecule has 0 saturated carbocycles. The highest BCUT2D eigenvalue weighted by Gasteiger charge is 2.31. The average Bonchev–Trinajstić information content (AvgIpc) is 2.89. The molecule has 4 N–H and O–H groups in total. The van der Waals surface area contributed by atoms with Crippen molar-refractivity contribution in [3.63, 3.8) is 0 Å². The summed E-state index contributed by atoms with van der Waals surface area (Å²) in [6.45, 7) is -0.217. The van der Waals surface area contributed by atoms with Gasteiger partial charge in [0.1, 0.15) is 12.6 Å². The number of nitrogens with one attached hydrogen (secondary N) is 3. The van der Waals surface area contributed by atoms with Crippen molar-refractivity contribution in [3.05, 3.63) is 59.2 Å². The number of alkyl halides is 3. The number of Topliss-reactive ketones (excluding diaryl/α,β-unsaturated/α-hetero) is 1. The lowest BCUT2D eigenvalue weighted by Crippen LogP contribution is -2.52.